The number of carbonyl (C=O) groups is 1. The van der Waals surface area contributed by atoms with Crippen molar-refractivity contribution in [2.75, 3.05) is 13.1 Å². The first-order valence-corrected chi connectivity index (χ1v) is 8.84. The molecule has 0 N–H and O–H groups in total. The first-order valence-electron chi connectivity index (χ1n) is 7.96. The molecule has 4 heterocycles. The molecule has 1 aliphatic rings. The van der Waals surface area contributed by atoms with E-state index in [0.29, 0.717) is 12.2 Å². The van der Waals surface area contributed by atoms with Crippen LogP contribution in [0.25, 0.3) is 10.7 Å². The van der Waals surface area contributed by atoms with E-state index >= 15 is 0 Å². The Morgan fingerprint density at radius 2 is 2.21 bits per heavy atom. The molecular formula is C17H17N5OS. The highest BCUT2D eigenvalue weighted by molar-refractivity contribution is 7.13. The number of pyridine rings is 1. The van der Waals surface area contributed by atoms with Crippen LogP contribution in [-0.4, -0.2) is 43.6 Å². The molecule has 0 aromatic carbocycles. The Morgan fingerprint density at radius 1 is 1.25 bits per heavy atom. The fraction of sp³-hybridized carbons (Fsp3) is 0.294. The summed E-state index contributed by atoms with van der Waals surface area (Å²) >= 11 is 1.45. The first-order chi connectivity index (χ1) is 11.8. The van der Waals surface area contributed by atoms with Gasteiger partial charge in [0.2, 0.25) is 0 Å². The number of amides is 1. The van der Waals surface area contributed by atoms with E-state index in [2.05, 4.69) is 15.1 Å². The second-order valence-corrected chi connectivity index (χ2v) is 6.64. The van der Waals surface area contributed by atoms with Gasteiger partial charge in [-0.05, 0) is 31.0 Å². The number of hydrogen-bond acceptors (Lipinski definition) is 5. The van der Waals surface area contributed by atoms with Gasteiger partial charge in [0.15, 0.2) is 0 Å². The molecule has 1 saturated heterocycles. The molecule has 0 unspecified atom stereocenters. The van der Waals surface area contributed by atoms with E-state index in [0.717, 1.165) is 30.1 Å². The Morgan fingerprint density at radius 3 is 3.00 bits per heavy atom. The zero-order valence-electron chi connectivity index (χ0n) is 13.1. The summed E-state index contributed by atoms with van der Waals surface area (Å²) in [5.74, 6) is -0.00899. The molecule has 3 aromatic rings. The minimum Gasteiger partial charge on any atom is -0.335 e. The van der Waals surface area contributed by atoms with E-state index in [1.165, 1.54) is 11.3 Å². The monoisotopic (exact) mass is 339 g/mol. The lowest BCUT2D eigenvalue weighted by Gasteiger charge is -2.32. The van der Waals surface area contributed by atoms with Gasteiger partial charge in [-0.1, -0.05) is 6.07 Å². The number of carbonyl (C=O) groups excluding carboxylic acids is 1. The SMILES string of the molecule is O=C(c1csc(-c2ccccn2)n1)N1CCC[C@H](n2cccn2)C1. The molecule has 1 fully saturated rings. The molecule has 7 heteroatoms. The lowest BCUT2D eigenvalue weighted by atomic mass is 10.1. The quantitative estimate of drug-likeness (QED) is 0.736. The van der Waals surface area contributed by atoms with Crippen LogP contribution in [0.3, 0.4) is 0 Å². The molecule has 122 valence electrons. The minimum atomic E-state index is -0.00899. The number of thiazole rings is 1. The largest absolute Gasteiger partial charge is 0.335 e. The van der Waals surface area contributed by atoms with Crippen LogP contribution >= 0.6 is 11.3 Å². The number of rotatable bonds is 3. The van der Waals surface area contributed by atoms with Gasteiger partial charge in [0.25, 0.3) is 5.91 Å². The van der Waals surface area contributed by atoms with Crippen molar-refractivity contribution in [3.63, 3.8) is 0 Å². The van der Waals surface area contributed by atoms with Gasteiger partial charge in [-0.3, -0.25) is 14.5 Å². The minimum absolute atomic E-state index is 0.00899. The summed E-state index contributed by atoms with van der Waals surface area (Å²) in [6.45, 7) is 1.45. The van der Waals surface area contributed by atoms with Gasteiger partial charge in [0.05, 0.1) is 11.7 Å². The van der Waals surface area contributed by atoms with Gasteiger partial charge in [-0.2, -0.15) is 5.10 Å². The van der Waals surface area contributed by atoms with E-state index in [4.69, 9.17) is 0 Å². The first kappa shape index (κ1) is 15.0. The van der Waals surface area contributed by atoms with Gasteiger partial charge >= 0.3 is 0 Å². The third-order valence-electron chi connectivity index (χ3n) is 4.19. The van der Waals surface area contributed by atoms with Crippen LogP contribution in [0.2, 0.25) is 0 Å². The van der Waals surface area contributed by atoms with Crippen LogP contribution in [0.1, 0.15) is 29.4 Å². The number of hydrogen-bond donors (Lipinski definition) is 0. The molecule has 1 amide bonds. The lowest BCUT2D eigenvalue weighted by molar-refractivity contribution is 0.0668. The summed E-state index contributed by atoms with van der Waals surface area (Å²) in [5.41, 5.74) is 1.30. The molecule has 6 nitrogen and oxygen atoms in total. The molecule has 0 spiro atoms. The molecular weight excluding hydrogens is 322 g/mol. The Balaban J connectivity index is 1.50. The molecule has 0 aliphatic carbocycles. The van der Waals surface area contributed by atoms with Crippen molar-refractivity contribution in [2.45, 2.75) is 18.9 Å². The third-order valence-corrected chi connectivity index (χ3v) is 5.05. The van der Waals surface area contributed by atoms with E-state index < -0.39 is 0 Å². The number of nitrogens with zero attached hydrogens (tertiary/aromatic N) is 5. The lowest BCUT2D eigenvalue weighted by Crippen LogP contribution is -2.41. The Bertz CT molecular complexity index is 815. The Labute approximate surface area is 143 Å². The van der Waals surface area contributed by atoms with Crippen molar-refractivity contribution in [3.05, 3.63) is 53.9 Å². The van der Waals surface area contributed by atoms with Crippen molar-refractivity contribution < 1.29 is 4.79 Å². The average molecular weight is 339 g/mol. The summed E-state index contributed by atoms with van der Waals surface area (Å²) in [4.78, 5) is 23.4. The van der Waals surface area contributed by atoms with Crippen molar-refractivity contribution in [3.8, 4) is 10.7 Å². The van der Waals surface area contributed by atoms with E-state index in [9.17, 15) is 4.79 Å². The van der Waals surface area contributed by atoms with Crippen molar-refractivity contribution in [2.24, 2.45) is 0 Å². The highest BCUT2D eigenvalue weighted by atomic mass is 32.1. The van der Waals surface area contributed by atoms with Crippen LogP contribution in [0.4, 0.5) is 0 Å². The summed E-state index contributed by atoms with van der Waals surface area (Å²) in [5, 5.41) is 6.91. The van der Waals surface area contributed by atoms with E-state index in [-0.39, 0.29) is 11.9 Å². The van der Waals surface area contributed by atoms with Crippen LogP contribution in [0, 0.1) is 0 Å². The van der Waals surface area contributed by atoms with Gasteiger partial charge in [0.1, 0.15) is 10.7 Å². The molecule has 1 atom stereocenters. The molecule has 0 saturated carbocycles. The zero-order chi connectivity index (χ0) is 16.4. The number of piperidine rings is 1. The van der Waals surface area contributed by atoms with Crippen LogP contribution < -0.4 is 0 Å². The van der Waals surface area contributed by atoms with Crippen LogP contribution in [0.5, 0.6) is 0 Å². The van der Waals surface area contributed by atoms with Crippen LogP contribution in [-0.2, 0) is 0 Å². The van der Waals surface area contributed by atoms with E-state index in [1.807, 2.05) is 45.4 Å². The highest BCUT2D eigenvalue weighted by Crippen LogP contribution is 2.25. The molecule has 0 bridgehead atoms. The van der Waals surface area contributed by atoms with Crippen molar-refractivity contribution in [1.82, 2.24) is 24.6 Å². The normalized spacial score (nSPS) is 17.8. The average Bonchev–Trinajstić information content (AvgIpc) is 3.34. The van der Waals surface area contributed by atoms with Crippen molar-refractivity contribution >= 4 is 17.2 Å². The van der Waals surface area contributed by atoms with E-state index in [1.54, 1.807) is 12.4 Å². The zero-order valence-corrected chi connectivity index (χ0v) is 13.9. The predicted molar refractivity (Wildman–Crippen MR) is 91.7 cm³/mol. The summed E-state index contributed by atoms with van der Waals surface area (Å²) in [6, 6.07) is 7.85. The smallest absolute Gasteiger partial charge is 0.273 e. The molecule has 0 radical (unpaired) electrons. The number of likely N-dealkylation sites (tertiary alicyclic amines) is 1. The van der Waals surface area contributed by atoms with Gasteiger partial charge in [-0.25, -0.2) is 4.98 Å². The van der Waals surface area contributed by atoms with Gasteiger partial charge in [0, 0.05) is 37.1 Å². The second kappa shape index (κ2) is 6.52. The molecule has 4 rings (SSSR count). The number of aromatic nitrogens is 4. The topological polar surface area (TPSA) is 63.9 Å². The van der Waals surface area contributed by atoms with Crippen LogP contribution in [0.15, 0.2) is 48.2 Å². The fourth-order valence-electron chi connectivity index (χ4n) is 2.99. The maximum absolute atomic E-state index is 12.8. The predicted octanol–water partition coefficient (Wildman–Crippen LogP) is 2.88. The molecule has 1 aliphatic heterocycles. The summed E-state index contributed by atoms with van der Waals surface area (Å²) < 4.78 is 1.94. The highest BCUT2D eigenvalue weighted by Gasteiger charge is 2.27. The third kappa shape index (κ3) is 2.94. The molecule has 3 aromatic heterocycles. The second-order valence-electron chi connectivity index (χ2n) is 5.79. The summed E-state index contributed by atoms with van der Waals surface area (Å²) in [7, 11) is 0. The Kier molecular flexibility index (Phi) is 4.08. The maximum atomic E-state index is 12.8. The summed E-state index contributed by atoms with van der Waals surface area (Å²) in [6.07, 6.45) is 7.49. The van der Waals surface area contributed by atoms with Gasteiger partial charge in [-0.15, -0.1) is 11.3 Å². The van der Waals surface area contributed by atoms with Gasteiger partial charge < -0.3 is 4.90 Å². The Hall–Kier alpha value is -2.54. The fourth-order valence-corrected chi connectivity index (χ4v) is 3.76. The molecule has 24 heavy (non-hydrogen) atoms. The standard InChI is InChI=1S/C17H17N5OS/c23-17(15-12-24-16(20-15)14-6-1-2-7-18-14)21-9-3-5-13(11-21)22-10-4-8-19-22/h1-2,4,6-8,10,12-13H,3,5,9,11H2/t13-/m0/s1. The maximum Gasteiger partial charge on any atom is 0.273 e. The van der Waals surface area contributed by atoms with Crippen molar-refractivity contribution in [1.29, 1.82) is 0 Å².